The predicted octanol–water partition coefficient (Wildman–Crippen LogP) is 2.61. The van der Waals surface area contributed by atoms with Crippen molar-refractivity contribution in [1.29, 1.82) is 0 Å². The Kier molecular flexibility index (Phi) is 6.20. The van der Waals surface area contributed by atoms with Crippen molar-refractivity contribution in [3.8, 4) is 0 Å². The lowest BCUT2D eigenvalue weighted by Gasteiger charge is -2.33. The number of urea groups is 1. The molecule has 0 unspecified atom stereocenters. The molecule has 2 aromatic carbocycles. The Labute approximate surface area is 161 Å². The van der Waals surface area contributed by atoms with E-state index in [-0.39, 0.29) is 18.5 Å². The van der Waals surface area contributed by atoms with E-state index in [2.05, 4.69) is 10.6 Å². The molecule has 1 atom stereocenters. The molecule has 3 rings (SSSR count). The van der Waals surface area contributed by atoms with Gasteiger partial charge in [0.15, 0.2) is 11.6 Å². The molecule has 28 heavy (non-hydrogen) atoms. The molecule has 148 valence electrons. The second-order valence-corrected chi connectivity index (χ2v) is 6.41. The number of halogens is 2. The Morgan fingerprint density at radius 3 is 2.57 bits per heavy atom. The van der Waals surface area contributed by atoms with Crippen LogP contribution in [0, 0.1) is 11.6 Å². The first-order valence-corrected chi connectivity index (χ1v) is 8.88. The largest absolute Gasteiger partial charge is 0.370 e. The van der Waals surface area contributed by atoms with Gasteiger partial charge in [-0.25, -0.2) is 13.6 Å². The van der Waals surface area contributed by atoms with Gasteiger partial charge in [-0.05, 0) is 35.4 Å². The molecule has 0 aliphatic carbocycles. The Hall–Kier alpha value is -3.00. The molecule has 0 radical (unpaired) electrons. The van der Waals surface area contributed by atoms with Gasteiger partial charge in [0.2, 0.25) is 0 Å². The van der Waals surface area contributed by atoms with Crippen molar-refractivity contribution >= 4 is 11.9 Å². The number of rotatable bonds is 4. The summed E-state index contributed by atoms with van der Waals surface area (Å²) in [7, 11) is 1.56. The maximum absolute atomic E-state index is 13.5. The zero-order valence-electron chi connectivity index (χ0n) is 15.4. The Morgan fingerprint density at radius 2 is 1.89 bits per heavy atom. The number of amides is 3. The summed E-state index contributed by atoms with van der Waals surface area (Å²) < 4.78 is 32.2. The summed E-state index contributed by atoms with van der Waals surface area (Å²) >= 11 is 0. The van der Waals surface area contributed by atoms with E-state index in [0.29, 0.717) is 30.8 Å². The number of hydrogen-bond donors (Lipinski definition) is 2. The first-order chi connectivity index (χ1) is 13.5. The summed E-state index contributed by atoms with van der Waals surface area (Å²) in [6.07, 6.45) is -0.513. The van der Waals surface area contributed by atoms with Crippen LogP contribution < -0.4 is 10.6 Å². The summed E-state index contributed by atoms with van der Waals surface area (Å²) in [6.45, 7) is 1.26. The van der Waals surface area contributed by atoms with E-state index in [1.54, 1.807) is 36.2 Å². The van der Waals surface area contributed by atoms with Crippen LogP contribution in [0.15, 0.2) is 42.5 Å². The third-order valence-corrected chi connectivity index (χ3v) is 4.56. The fraction of sp³-hybridized carbons (Fsp3) is 0.300. The van der Waals surface area contributed by atoms with E-state index >= 15 is 0 Å². The minimum atomic E-state index is -0.942. The molecule has 0 aromatic heterocycles. The highest BCUT2D eigenvalue weighted by Crippen LogP contribution is 2.23. The molecule has 1 aliphatic rings. The Balaban J connectivity index is 1.56. The standard InChI is InChI=1S/C20H21F2N3O3/c1-23-19(26)14-4-2-13(3-5-14)11-24-20(27)25-8-9-28-18(12-25)15-6-7-16(21)17(22)10-15/h2-7,10,18H,8-9,11-12H2,1H3,(H,23,26)(H,24,27)/t18-/m0/s1. The van der Waals surface area contributed by atoms with Crippen LogP contribution in [0.4, 0.5) is 13.6 Å². The van der Waals surface area contributed by atoms with Gasteiger partial charge in [-0.1, -0.05) is 18.2 Å². The van der Waals surface area contributed by atoms with E-state index < -0.39 is 17.7 Å². The van der Waals surface area contributed by atoms with Crippen LogP contribution in [0.2, 0.25) is 0 Å². The van der Waals surface area contributed by atoms with Gasteiger partial charge < -0.3 is 20.3 Å². The van der Waals surface area contributed by atoms with Crippen molar-refractivity contribution in [2.24, 2.45) is 0 Å². The highest BCUT2D eigenvalue weighted by molar-refractivity contribution is 5.93. The molecule has 2 N–H and O–H groups in total. The molecule has 6 nitrogen and oxygen atoms in total. The van der Waals surface area contributed by atoms with Crippen molar-refractivity contribution < 1.29 is 23.1 Å². The second kappa shape index (κ2) is 8.79. The Morgan fingerprint density at radius 1 is 1.14 bits per heavy atom. The van der Waals surface area contributed by atoms with Gasteiger partial charge in [-0.3, -0.25) is 4.79 Å². The fourth-order valence-corrected chi connectivity index (χ4v) is 2.96. The molecule has 1 aliphatic heterocycles. The number of ether oxygens (including phenoxy) is 1. The SMILES string of the molecule is CNC(=O)c1ccc(CNC(=O)N2CCO[C@H](c3ccc(F)c(F)c3)C2)cc1. The van der Waals surface area contributed by atoms with Crippen molar-refractivity contribution in [2.75, 3.05) is 26.7 Å². The second-order valence-electron chi connectivity index (χ2n) is 6.41. The number of morpholine rings is 1. The molecule has 1 heterocycles. The normalized spacial score (nSPS) is 16.5. The van der Waals surface area contributed by atoms with E-state index in [4.69, 9.17) is 4.74 Å². The van der Waals surface area contributed by atoms with Crippen molar-refractivity contribution in [3.05, 3.63) is 70.8 Å². The van der Waals surface area contributed by atoms with Gasteiger partial charge in [-0.2, -0.15) is 0 Å². The van der Waals surface area contributed by atoms with Gasteiger partial charge in [0, 0.05) is 25.7 Å². The number of carbonyl (C=O) groups is 2. The molecule has 0 bridgehead atoms. The van der Waals surface area contributed by atoms with Gasteiger partial charge >= 0.3 is 6.03 Å². The van der Waals surface area contributed by atoms with E-state index in [1.165, 1.54) is 6.07 Å². The minimum absolute atomic E-state index is 0.174. The minimum Gasteiger partial charge on any atom is -0.370 e. The molecule has 8 heteroatoms. The van der Waals surface area contributed by atoms with Gasteiger partial charge in [-0.15, -0.1) is 0 Å². The van der Waals surface area contributed by atoms with Gasteiger partial charge in [0.05, 0.1) is 13.2 Å². The number of benzene rings is 2. The summed E-state index contributed by atoms with van der Waals surface area (Å²) in [6, 6.07) is 10.3. The van der Waals surface area contributed by atoms with Gasteiger partial charge in [0.25, 0.3) is 5.91 Å². The van der Waals surface area contributed by atoms with Crippen LogP contribution in [0.25, 0.3) is 0 Å². The van der Waals surface area contributed by atoms with Gasteiger partial charge in [0.1, 0.15) is 6.10 Å². The van der Waals surface area contributed by atoms with E-state index in [1.807, 2.05) is 0 Å². The molecule has 3 amide bonds. The average molecular weight is 389 g/mol. The monoisotopic (exact) mass is 389 g/mol. The number of hydrogen-bond acceptors (Lipinski definition) is 3. The molecular formula is C20H21F2N3O3. The maximum Gasteiger partial charge on any atom is 0.317 e. The molecular weight excluding hydrogens is 368 g/mol. The van der Waals surface area contributed by atoms with E-state index in [9.17, 15) is 18.4 Å². The molecule has 1 saturated heterocycles. The number of nitrogens with one attached hydrogen (secondary N) is 2. The summed E-state index contributed by atoms with van der Waals surface area (Å²) in [5.74, 6) is -2.04. The van der Waals surface area contributed by atoms with Crippen LogP contribution in [0.3, 0.4) is 0 Å². The fourth-order valence-electron chi connectivity index (χ4n) is 2.96. The topological polar surface area (TPSA) is 70.7 Å². The number of nitrogens with zero attached hydrogens (tertiary/aromatic N) is 1. The molecule has 1 fully saturated rings. The summed E-state index contributed by atoms with van der Waals surface area (Å²) in [5, 5.41) is 5.37. The lowest BCUT2D eigenvalue weighted by Crippen LogP contribution is -2.47. The smallest absolute Gasteiger partial charge is 0.317 e. The first-order valence-electron chi connectivity index (χ1n) is 8.88. The summed E-state index contributed by atoms with van der Waals surface area (Å²) in [5.41, 5.74) is 1.88. The highest BCUT2D eigenvalue weighted by Gasteiger charge is 2.26. The van der Waals surface area contributed by atoms with Crippen molar-refractivity contribution in [1.82, 2.24) is 15.5 Å². The van der Waals surface area contributed by atoms with Crippen molar-refractivity contribution in [3.63, 3.8) is 0 Å². The quantitative estimate of drug-likeness (QED) is 0.845. The zero-order valence-corrected chi connectivity index (χ0v) is 15.4. The lowest BCUT2D eigenvalue weighted by molar-refractivity contribution is -0.0156. The Bertz CT molecular complexity index is 858. The summed E-state index contributed by atoms with van der Waals surface area (Å²) in [4.78, 5) is 25.6. The molecule has 0 spiro atoms. The number of carbonyl (C=O) groups excluding carboxylic acids is 2. The third kappa shape index (κ3) is 4.64. The van der Waals surface area contributed by atoms with Crippen LogP contribution in [0.1, 0.15) is 27.6 Å². The predicted molar refractivity (Wildman–Crippen MR) is 98.7 cm³/mol. The van der Waals surface area contributed by atoms with Crippen LogP contribution in [0.5, 0.6) is 0 Å². The molecule has 0 saturated carbocycles. The average Bonchev–Trinajstić information content (AvgIpc) is 2.73. The van der Waals surface area contributed by atoms with Crippen molar-refractivity contribution in [2.45, 2.75) is 12.6 Å². The zero-order chi connectivity index (χ0) is 20.1. The highest BCUT2D eigenvalue weighted by atomic mass is 19.2. The van der Waals surface area contributed by atoms with Crippen LogP contribution >= 0.6 is 0 Å². The van der Waals surface area contributed by atoms with E-state index in [0.717, 1.165) is 17.7 Å². The third-order valence-electron chi connectivity index (χ3n) is 4.56. The van der Waals surface area contributed by atoms with Crippen LogP contribution in [-0.4, -0.2) is 43.6 Å². The molecule has 2 aromatic rings. The van der Waals surface area contributed by atoms with Crippen LogP contribution in [-0.2, 0) is 11.3 Å². The maximum atomic E-state index is 13.5. The first kappa shape index (κ1) is 19.8. The lowest BCUT2D eigenvalue weighted by atomic mass is 10.1.